The molecular weight excluding hydrogens is 350 g/mol. The highest BCUT2D eigenvalue weighted by molar-refractivity contribution is 5.92. The van der Waals surface area contributed by atoms with Gasteiger partial charge in [0.15, 0.2) is 5.82 Å². The van der Waals surface area contributed by atoms with Crippen molar-refractivity contribution in [3.63, 3.8) is 0 Å². The second-order valence-electron chi connectivity index (χ2n) is 7.41. The second kappa shape index (κ2) is 6.98. The number of pyridine rings is 1. The number of nitrogens with two attached hydrogens (primary N) is 1. The topological polar surface area (TPSA) is 99.8 Å². The Morgan fingerprint density at radius 1 is 1.04 bits per heavy atom. The fourth-order valence-corrected chi connectivity index (χ4v) is 3.14. The molecule has 0 aliphatic heterocycles. The molecule has 2 aromatic carbocycles. The van der Waals surface area contributed by atoms with Gasteiger partial charge in [0.25, 0.3) is 0 Å². The molecule has 0 saturated heterocycles. The standard InChI is InChI=1S/C22H23N5O/c1-22(2,28)17-6-3-14(4-7-17)13-25-20-12-16(9-10-24-20)15-5-8-19-18(11-15)21(23)27-26-19/h3-12,28H,13H2,1-2H3,(H,24,25)(H3,23,26,27). The number of aliphatic hydroxyl groups is 1. The van der Waals surface area contributed by atoms with Crippen molar-refractivity contribution in [3.8, 4) is 11.1 Å². The Balaban J connectivity index is 1.51. The van der Waals surface area contributed by atoms with Gasteiger partial charge in [0.05, 0.1) is 11.1 Å². The Morgan fingerprint density at radius 2 is 1.79 bits per heavy atom. The van der Waals surface area contributed by atoms with Gasteiger partial charge in [-0.15, -0.1) is 0 Å². The van der Waals surface area contributed by atoms with E-state index in [1.807, 2.05) is 54.6 Å². The average molecular weight is 373 g/mol. The first-order chi connectivity index (χ1) is 13.4. The fourth-order valence-electron chi connectivity index (χ4n) is 3.14. The smallest absolute Gasteiger partial charge is 0.153 e. The van der Waals surface area contributed by atoms with E-state index in [4.69, 9.17) is 5.73 Å². The summed E-state index contributed by atoms with van der Waals surface area (Å²) < 4.78 is 0. The van der Waals surface area contributed by atoms with Crippen molar-refractivity contribution >= 4 is 22.5 Å². The number of aromatic nitrogens is 3. The van der Waals surface area contributed by atoms with Crippen LogP contribution in [0.4, 0.5) is 11.6 Å². The lowest BCUT2D eigenvalue weighted by Gasteiger charge is -2.18. The van der Waals surface area contributed by atoms with Crippen LogP contribution in [0.5, 0.6) is 0 Å². The van der Waals surface area contributed by atoms with E-state index in [2.05, 4.69) is 20.5 Å². The van der Waals surface area contributed by atoms with Gasteiger partial charge >= 0.3 is 0 Å². The largest absolute Gasteiger partial charge is 0.386 e. The summed E-state index contributed by atoms with van der Waals surface area (Å²) in [7, 11) is 0. The summed E-state index contributed by atoms with van der Waals surface area (Å²) in [6.07, 6.45) is 1.79. The molecule has 28 heavy (non-hydrogen) atoms. The van der Waals surface area contributed by atoms with Crippen LogP contribution in [-0.4, -0.2) is 20.3 Å². The molecule has 6 nitrogen and oxygen atoms in total. The first-order valence-electron chi connectivity index (χ1n) is 9.16. The normalized spacial score (nSPS) is 11.7. The van der Waals surface area contributed by atoms with Crippen molar-refractivity contribution in [3.05, 3.63) is 71.9 Å². The Labute approximate surface area is 163 Å². The van der Waals surface area contributed by atoms with Crippen LogP contribution in [-0.2, 0) is 12.1 Å². The summed E-state index contributed by atoms with van der Waals surface area (Å²) in [4.78, 5) is 4.41. The molecule has 0 spiro atoms. The Bertz CT molecular complexity index is 1110. The fraction of sp³-hybridized carbons (Fsp3) is 0.182. The monoisotopic (exact) mass is 373 g/mol. The minimum Gasteiger partial charge on any atom is -0.386 e. The summed E-state index contributed by atoms with van der Waals surface area (Å²) in [6.45, 7) is 4.21. The predicted molar refractivity (Wildman–Crippen MR) is 113 cm³/mol. The van der Waals surface area contributed by atoms with Crippen LogP contribution < -0.4 is 11.1 Å². The zero-order valence-corrected chi connectivity index (χ0v) is 15.9. The molecule has 0 amide bonds. The van der Waals surface area contributed by atoms with E-state index in [1.54, 1.807) is 20.0 Å². The van der Waals surface area contributed by atoms with Gasteiger partial charge < -0.3 is 16.2 Å². The van der Waals surface area contributed by atoms with Gasteiger partial charge in [-0.2, -0.15) is 5.10 Å². The number of nitrogen functional groups attached to an aromatic ring is 1. The minimum absolute atomic E-state index is 0.499. The predicted octanol–water partition coefficient (Wildman–Crippen LogP) is 4.05. The molecule has 0 saturated carbocycles. The summed E-state index contributed by atoms with van der Waals surface area (Å²) in [5, 5.41) is 21.3. The third-order valence-corrected chi connectivity index (χ3v) is 4.82. The van der Waals surface area contributed by atoms with Crippen LogP contribution in [0.1, 0.15) is 25.0 Å². The van der Waals surface area contributed by atoms with E-state index in [9.17, 15) is 5.11 Å². The molecule has 5 N–H and O–H groups in total. The summed E-state index contributed by atoms with van der Waals surface area (Å²) >= 11 is 0. The third kappa shape index (κ3) is 3.68. The second-order valence-corrected chi connectivity index (χ2v) is 7.41. The first kappa shape index (κ1) is 18.0. The number of H-pyrrole nitrogens is 1. The summed E-state index contributed by atoms with van der Waals surface area (Å²) in [5.41, 5.74) is 10.1. The van der Waals surface area contributed by atoms with Crippen molar-refractivity contribution in [1.29, 1.82) is 0 Å². The maximum atomic E-state index is 10.1. The maximum absolute atomic E-state index is 10.1. The lowest BCUT2D eigenvalue weighted by atomic mass is 9.97. The highest BCUT2D eigenvalue weighted by Crippen LogP contribution is 2.27. The van der Waals surface area contributed by atoms with E-state index in [-0.39, 0.29) is 0 Å². The maximum Gasteiger partial charge on any atom is 0.153 e. The van der Waals surface area contributed by atoms with Crippen LogP contribution >= 0.6 is 0 Å². The molecule has 4 rings (SSSR count). The van der Waals surface area contributed by atoms with Crippen molar-refractivity contribution < 1.29 is 5.11 Å². The van der Waals surface area contributed by atoms with Crippen molar-refractivity contribution in [2.45, 2.75) is 26.0 Å². The molecule has 0 bridgehead atoms. The van der Waals surface area contributed by atoms with E-state index in [1.165, 1.54) is 0 Å². The van der Waals surface area contributed by atoms with Crippen molar-refractivity contribution in [2.75, 3.05) is 11.1 Å². The molecule has 0 aliphatic carbocycles. The van der Waals surface area contributed by atoms with Gasteiger partial charge in [-0.3, -0.25) is 5.10 Å². The minimum atomic E-state index is -0.832. The van der Waals surface area contributed by atoms with Crippen LogP contribution in [0, 0.1) is 0 Å². The van der Waals surface area contributed by atoms with Gasteiger partial charge in [0.1, 0.15) is 5.82 Å². The van der Waals surface area contributed by atoms with Crippen LogP contribution in [0.2, 0.25) is 0 Å². The van der Waals surface area contributed by atoms with Gasteiger partial charge in [-0.05, 0) is 60.4 Å². The SMILES string of the molecule is CC(C)(O)c1ccc(CNc2cc(-c3ccc4[nH]nc(N)c4c3)ccn2)cc1. The highest BCUT2D eigenvalue weighted by Gasteiger charge is 2.15. The number of anilines is 2. The van der Waals surface area contributed by atoms with E-state index in [0.717, 1.165) is 39.0 Å². The summed E-state index contributed by atoms with van der Waals surface area (Å²) in [6, 6.07) is 18.0. The quantitative estimate of drug-likeness (QED) is 0.423. The molecule has 0 radical (unpaired) electrons. The third-order valence-electron chi connectivity index (χ3n) is 4.82. The zero-order valence-electron chi connectivity index (χ0n) is 15.9. The highest BCUT2D eigenvalue weighted by atomic mass is 16.3. The number of aromatic amines is 1. The van der Waals surface area contributed by atoms with E-state index < -0.39 is 5.60 Å². The lowest BCUT2D eigenvalue weighted by molar-refractivity contribution is 0.0786. The molecule has 142 valence electrons. The van der Waals surface area contributed by atoms with Crippen LogP contribution in [0.15, 0.2) is 60.8 Å². The number of fused-ring (bicyclic) bond motifs is 1. The number of benzene rings is 2. The molecule has 0 unspecified atom stereocenters. The Kier molecular flexibility index (Phi) is 4.49. The number of hydrogen-bond acceptors (Lipinski definition) is 5. The number of nitrogens with one attached hydrogen (secondary N) is 2. The molecule has 2 heterocycles. The van der Waals surface area contributed by atoms with Gasteiger partial charge in [-0.1, -0.05) is 30.3 Å². The van der Waals surface area contributed by atoms with Crippen molar-refractivity contribution in [2.24, 2.45) is 0 Å². The number of rotatable bonds is 5. The van der Waals surface area contributed by atoms with Crippen molar-refractivity contribution in [1.82, 2.24) is 15.2 Å². The average Bonchev–Trinajstić information content (AvgIpc) is 3.07. The molecule has 0 fully saturated rings. The lowest BCUT2D eigenvalue weighted by Crippen LogP contribution is -2.15. The summed E-state index contributed by atoms with van der Waals surface area (Å²) in [5.74, 6) is 1.29. The molecule has 6 heteroatoms. The molecule has 4 aromatic rings. The molecular formula is C22H23N5O. The molecule has 2 aromatic heterocycles. The number of hydrogen-bond donors (Lipinski definition) is 4. The van der Waals surface area contributed by atoms with Crippen LogP contribution in [0.3, 0.4) is 0 Å². The Hall–Kier alpha value is -3.38. The van der Waals surface area contributed by atoms with Crippen LogP contribution in [0.25, 0.3) is 22.0 Å². The number of nitrogens with zero attached hydrogens (tertiary/aromatic N) is 2. The first-order valence-corrected chi connectivity index (χ1v) is 9.16. The van der Waals surface area contributed by atoms with Gasteiger partial charge in [0.2, 0.25) is 0 Å². The zero-order chi connectivity index (χ0) is 19.7. The van der Waals surface area contributed by atoms with Gasteiger partial charge in [0, 0.05) is 18.1 Å². The van der Waals surface area contributed by atoms with Gasteiger partial charge in [-0.25, -0.2) is 4.98 Å². The molecule has 0 atom stereocenters. The molecule has 0 aliphatic rings. The Morgan fingerprint density at radius 3 is 2.54 bits per heavy atom. The van der Waals surface area contributed by atoms with E-state index in [0.29, 0.717) is 12.4 Å². The van der Waals surface area contributed by atoms with E-state index >= 15 is 0 Å².